The van der Waals surface area contributed by atoms with Crippen molar-refractivity contribution >= 4 is 11.5 Å². The summed E-state index contributed by atoms with van der Waals surface area (Å²) in [6.45, 7) is 0.945. The van der Waals surface area contributed by atoms with Crippen LogP contribution in [0.15, 0.2) is 18.3 Å². The Labute approximate surface area is 96.3 Å². The van der Waals surface area contributed by atoms with E-state index in [9.17, 15) is 18.0 Å². The van der Waals surface area contributed by atoms with Crippen LogP contribution in [0.5, 0.6) is 0 Å². The first-order valence-electron chi connectivity index (χ1n) is 5.27. The Morgan fingerprint density at radius 2 is 1.88 bits per heavy atom. The predicted molar refractivity (Wildman–Crippen MR) is 55.7 cm³/mol. The van der Waals surface area contributed by atoms with Crippen LogP contribution in [0.1, 0.15) is 18.5 Å². The molecule has 1 aliphatic heterocycles. The smallest absolute Gasteiger partial charge is 0.371 e. The second-order valence-electron chi connectivity index (χ2n) is 3.92. The number of aromatic nitrogens is 1. The molecule has 0 aromatic carbocycles. The van der Waals surface area contributed by atoms with Crippen LogP contribution in [0.3, 0.4) is 0 Å². The Hall–Kier alpha value is -1.59. The molecular formula is C11H11F3N2O. The first kappa shape index (κ1) is 11.9. The largest absolute Gasteiger partial charge is 0.433 e. The number of pyridine rings is 1. The zero-order chi connectivity index (χ0) is 12.5. The highest BCUT2D eigenvalue weighted by atomic mass is 19.4. The number of carbonyl (C=O) groups excluding carboxylic acids is 1. The quantitative estimate of drug-likeness (QED) is 0.759. The predicted octanol–water partition coefficient (Wildman–Crippen LogP) is 2.27. The summed E-state index contributed by atoms with van der Waals surface area (Å²) < 4.78 is 37.4. The van der Waals surface area contributed by atoms with E-state index in [0.717, 1.165) is 12.3 Å². The molecule has 0 amide bonds. The van der Waals surface area contributed by atoms with Crippen LogP contribution >= 0.6 is 0 Å². The third-order valence-electron chi connectivity index (χ3n) is 2.72. The fourth-order valence-corrected chi connectivity index (χ4v) is 1.79. The van der Waals surface area contributed by atoms with Gasteiger partial charge in [0.1, 0.15) is 11.5 Å². The van der Waals surface area contributed by atoms with Crippen LogP contribution in [0.4, 0.5) is 18.9 Å². The van der Waals surface area contributed by atoms with E-state index in [-0.39, 0.29) is 5.78 Å². The molecule has 0 N–H and O–H groups in total. The molecule has 0 spiro atoms. The Morgan fingerprint density at radius 1 is 1.24 bits per heavy atom. The Morgan fingerprint density at radius 3 is 2.47 bits per heavy atom. The molecule has 6 heteroatoms. The molecule has 0 atom stereocenters. The minimum Gasteiger partial charge on any atom is -0.371 e. The molecule has 0 bridgehead atoms. The maximum Gasteiger partial charge on any atom is 0.433 e. The van der Waals surface area contributed by atoms with Crippen molar-refractivity contribution in [3.05, 3.63) is 24.0 Å². The molecule has 0 unspecified atom stereocenters. The van der Waals surface area contributed by atoms with E-state index in [1.54, 1.807) is 4.90 Å². The standard InChI is InChI=1S/C11H11F3N2O/c12-11(13,14)10-7-8(1-4-15-10)16-5-2-9(17)3-6-16/h1,4,7H,2-3,5-6H2. The van der Waals surface area contributed by atoms with Crippen molar-refractivity contribution in [3.63, 3.8) is 0 Å². The number of halogens is 3. The first-order chi connectivity index (χ1) is 7.97. The summed E-state index contributed by atoms with van der Waals surface area (Å²) in [6, 6.07) is 2.56. The molecule has 2 heterocycles. The van der Waals surface area contributed by atoms with Crippen molar-refractivity contribution in [3.8, 4) is 0 Å². The molecule has 0 saturated carbocycles. The van der Waals surface area contributed by atoms with Crippen molar-refractivity contribution in [2.45, 2.75) is 19.0 Å². The fourth-order valence-electron chi connectivity index (χ4n) is 1.79. The lowest BCUT2D eigenvalue weighted by Crippen LogP contribution is -2.33. The maximum absolute atomic E-state index is 12.5. The lowest BCUT2D eigenvalue weighted by Gasteiger charge is -2.28. The number of nitrogens with zero attached hydrogens (tertiary/aromatic N) is 2. The number of carbonyl (C=O) groups is 1. The van der Waals surface area contributed by atoms with Crippen molar-refractivity contribution in [1.82, 2.24) is 4.98 Å². The monoisotopic (exact) mass is 244 g/mol. The van der Waals surface area contributed by atoms with E-state index in [1.165, 1.54) is 6.07 Å². The van der Waals surface area contributed by atoms with Crippen LogP contribution in [0, 0.1) is 0 Å². The van der Waals surface area contributed by atoms with Gasteiger partial charge >= 0.3 is 6.18 Å². The minimum absolute atomic E-state index is 0.159. The normalized spacial score (nSPS) is 17.4. The van der Waals surface area contributed by atoms with Crippen molar-refractivity contribution in [1.29, 1.82) is 0 Å². The SMILES string of the molecule is O=C1CCN(c2ccnc(C(F)(F)F)c2)CC1. The van der Waals surface area contributed by atoms with Crippen LogP contribution in [0.25, 0.3) is 0 Å². The second-order valence-corrected chi connectivity index (χ2v) is 3.92. The third-order valence-corrected chi connectivity index (χ3v) is 2.72. The van der Waals surface area contributed by atoms with Gasteiger partial charge in [0.15, 0.2) is 0 Å². The Balaban J connectivity index is 2.19. The Bertz CT molecular complexity index is 421. The molecule has 1 aliphatic rings. The van der Waals surface area contributed by atoms with Crippen LogP contribution in [0.2, 0.25) is 0 Å². The van der Waals surface area contributed by atoms with Gasteiger partial charge in [-0.2, -0.15) is 13.2 Å². The number of Topliss-reactive ketones (excluding diaryl/α,β-unsaturated/α-hetero) is 1. The van der Waals surface area contributed by atoms with Gasteiger partial charge in [-0.1, -0.05) is 0 Å². The number of ketones is 1. The zero-order valence-electron chi connectivity index (χ0n) is 9.00. The van der Waals surface area contributed by atoms with Gasteiger partial charge in [0, 0.05) is 37.8 Å². The number of hydrogen-bond acceptors (Lipinski definition) is 3. The van der Waals surface area contributed by atoms with Crippen LogP contribution in [-0.2, 0) is 11.0 Å². The van der Waals surface area contributed by atoms with E-state index < -0.39 is 11.9 Å². The highest BCUT2D eigenvalue weighted by molar-refractivity contribution is 5.81. The first-order valence-corrected chi connectivity index (χ1v) is 5.27. The van der Waals surface area contributed by atoms with Gasteiger partial charge in [0.05, 0.1) is 0 Å². The molecule has 1 fully saturated rings. The average molecular weight is 244 g/mol. The summed E-state index contributed by atoms with van der Waals surface area (Å²) in [5.41, 5.74) is -0.424. The summed E-state index contributed by atoms with van der Waals surface area (Å²) in [4.78, 5) is 16.1. The van der Waals surface area contributed by atoms with E-state index in [0.29, 0.717) is 31.6 Å². The van der Waals surface area contributed by atoms with Gasteiger partial charge in [-0.15, -0.1) is 0 Å². The van der Waals surface area contributed by atoms with Gasteiger partial charge in [0.2, 0.25) is 0 Å². The summed E-state index contributed by atoms with van der Waals surface area (Å²) in [5.74, 6) is 0.159. The van der Waals surface area contributed by atoms with Crippen molar-refractivity contribution < 1.29 is 18.0 Å². The van der Waals surface area contributed by atoms with E-state index in [1.807, 2.05) is 0 Å². The minimum atomic E-state index is -4.43. The molecule has 92 valence electrons. The highest BCUT2D eigenvalue weighted by Crippen LogP contribution is 2.30. The molecule has 0 radical (unpaired) electrons. The van der Waals surface area contributed by atoms with Crippen molar-refractivity contribution in [2.75, 3.05) is 18.0 Å². The molecule has 0 aliphatic carbocycles. The zero-order valence-corrected chi connectivity index (χ0v) is 9.00. The summed E-state index contributed by atoms with van der Waals surface area (Å²) in [6.07, 6.45) is -2.50. The number of anilines is 1. The number of piperidine rings is 1. The third kappa shape index (κ3) is 2.75. The van der Waals surface area contributed by atoms with E-state index in [2.05, 4.69) is 4.98 Å². The average Bonchev–Trinajstić information content (AvgIpc) is 2.29. The van der Waals surface area contributed by atoms with Gasteiger partial charge < -0.3 is 4.90 Å². The topological polar surface area (TPSA) is 33.2 Å². The maximum atomic E-state index is 12.5. The molecule has 1 aromatic rings. The summed E-state index contributed by atoms with van der Waals surface area (Å²) in [7, 11) is 0. The van der Waals surface area contributed by atoms with Gasteiger partial charge in [-0.05, 0) is 12.1 Å². The molecule has 17 heavy (non-hydrogen) atoms. The van der Waals surface area contributed by atoms with E-state index >= 15 is 0 Å². The van der Waals surface area contributed by atoms with E-state index in [4.69, 9.17) is 0 Å². The van der Waals surface area contributed by atoms with Crippen molar-refractivity contribution in [2.24, 2.45) is 0 Å². The number of rotatable bonds is 1. The Kier molecular flexibility index (Phi) is 3.04. The molecule has 2 rings (SSSR count). The van der Waals surface area contributed by atoms with Crippen LogP contribution in [-0.4, -0.2) is 23.9 Å². The molecule has 1 aromatic heterocycles. The molecule has 3 nitrogen and oxygen atoms in total. The summed E-state index contributed by atoms with van der Waals surface area (Å²) >= 11 is 0. The number of hydrogen-bond donors (Lipinski definition) is 0. The highest BCUT2D eigenvalue weighted by Gasteiger charge is 2.33. The lowest BCUT2D eigenvalue weighted by atomic mass is 10.1. The van der Waals surface area contributed by atoms with Crippen LogP contribution < -0.4 is 4.90 Å². The second kappa shape index (κ2) is 4.35. The van der Waals surface area contributed by atoms with Gasteiger partial charge in [-0.3, -0.25) is 9.78 Å². The summed E-state index contributed by atoms with van der Waals surface area (Å²) in [5, 5.41) is 0. The van der Waals surface area contributed by atoms with Gasteiger partial charge in [0.25, 0.3) is 0 Å². The fraction of sp³-hybridized carbons (Fsp3) is 0.455. The molecular weight excluding hydrogens is 233 g/mol. The number of alkyl halides is 3. The molecule has 1 saturated heterocycles. The van der Waals surface area contributed by atoms with Gasteiger partial charge in [-0.25, -0.2) is 0 Å². The lowest BCUT2D eigenvalue weighted by molar-refractivity contribution is -0.141.